The van der Waals surface area contributed by atoms with Crippen LogP contribution >= 0.6 is 23.4 Å². The largest absolute Gasteiger partial charge is 0.488 e. The molecule has 0 radical (unpaired) electrons. The Morgan fingerprint density at radius 3 is 2.61 bits per heavy atom. The molecule has 1 heterocycles. The third kappa shape index (κ3) is 5.89. The molecular formula is C23H22ClNO5S. The average molecular weight is 460 g/mol. The first kappa shape index (κ1) is 22.9. The second-order valence-corrected chi connectivity index (χ2v) is 8.29. The van der Waals surface area contributed by atoms with Crippen molar-refractivity contribution in [2.75, 3.05) is 6.54 Å². The molecule has 31 heavy (non-hydrogen) atoms. The number of rotatable bonds is 8. The van der Waals surface area contributed by atoms with Gasteiger partial charge in [0, 0.05) is 16.1 Å². The van der Waals surface area contributed by atoms with E-state index in [-0.39, 0.29) is 17.6 Å². The molecule has 162 valence electrons. The van der Waals surface area contributed by atoms with E-state index in [0.29, 0.717) is 22.8 Å². The first-order valence-corrected chi connectivity index (χ1v) is 11.0. The third-order valence-electron chi connectivity index (χ3n) is 4.61. The van der Waals surface area contributed by atoms with Crippen LogP contribution in [0.15, 0.2) is 53.4 Å². The maximum absolute atomic E-state index is 12.7. The molecule has 2 aromatic carbocycles. The van der Waals surface area contributed by atoms with Crippen LogP contribution in [0.1, 0.15) is 31.4 Å². The van der Waals surface area contributed by atoms with Crippen molar-refractivity contribution < 1.29 is 23.9 Å². The lowest BCUT2D eigenvalue weighted by Crippen LogP contribution is -2.35. The Morgan fingerprint density at radius 2 is 1.87 bits per heavy atom. The third-order valence-corrected chi connectivity index (χ3v) is 5.89. The summed E-state index contributed by atoms with van der Waals surface area (Å²) in [5.41, 5.74) is 1.47. The highest BCUT2D eigenvalue weighted by molar-refractivity contribution is 8.18. The van der Waals surface area contributed by atoms with Gasteiger partial charge in [-0.25, -0.2) is 0 Å². The molecule has 2 aromatic rings. The minimum atomic E-state index is -0.610. The number of hydrogen-bond acceptors (Lipinski definition) is 6. The van der Waals surface area contributed by atoms with Crippen molar-refractivity contribution in [2.24, 2.45) is 0 Å². The Morgan fingerprint density at radius 1 is 1.16 bits per heavy atom. The highest BCUT2D eigenvalue weighted by Crippen LogP contribution is 2.34. The zero-order valence-electron chi connectivity index (χ0n) is 17.2. The number of thioether (sulfide) groups is 1. The van der Waals surface area contributed by atoms with E-state index in [9.17, 15) is 14.4 Å². The summed E-state index contributed by atoms with van der Waals surface area (Å²) in [6, 6.07) is 14.6. The van der Waals surface area contributed by atoms with Crippen molar-refractivity contribution >= 4 is 46.6 Å². The summed E-state index contributed by atoms with van der Waals surface area (Å²) in [7, 11) is 0. The second-order valence-electron chi connectivity index (χ2n) is 6.89. The fraction of sp³-hybridized carbons (Fsp3) is 0.261. The van der Waals surface area contributed by atoms with Crippen LogP contribution in [0.2, 0.25) is 5.02 Å². The van der Waals surface area contributed by atoms with Gasteiger partial charge in [-0.05, 0) is 43.3 Å². The van der Waals surface area contributed by atoms with Crippen LogP contribution in [0.4, 0.5) is 4.79 Å². The molecule has 6 nitrogen and oxygen atoms in total. The number of ether oxygens (including phenoxy) is 2. The molecular weight excluding hydrogens is 438 g/mol. The molecule has 1 fully saturated rings. The van der Waals surface area contributed by atoms with Crippen LogP contribution in [0.3, 0.4) is 0 Å². The number of amides is 2. The van der Waals surface area contributed by atoms with Gasteiger partial charge >= 0.3 is 5.97 Å². The van der Waals surface area contributed by atoms with Crippen molar-refractivity contribution in [1.29, 1.82) is 0 Å². The number of hydrogen-bond donors (Lipinski definition) is 0. The molecule has 1 aliphatic rings. The molecule has 3 rings (SSSR count). The highest BCUT2D eigenvalue weighted by Gasteiger charge is 2.37. The van der Waals surface area contributed by atoms with E-state index >= 15 is 0 Å². The van der Waals surface area contributed by atoms with E-state index in [0.717, 1.165) is 22.2 Å². The molecule has 8 heteroatoms. The summed E-state index contributed by atoms with van der Waals surface area (Å²) in [6.07, 6.45) is 1.97. The van der Waals surface area contributed by atoms with E-state index in [4.69, 9.17) is 21.1 Å². The van der Waals surface area contributed by atoms with Gasteiger partial charge in [-0.1, -0.05) is 54.9 Å². The van der Waals surface area contributed by atoms with Gasteiger partial charge < -0.3 is 9.47 Å². The summed E-state index contributed by atoms with van der Waals surface area (Å²) in [5.74, 6) is -0.594. The van der Waals surface area contributed by atoms with Gasteiger partial charge in [0.05, 0.1) is 11.0 Å². The number of imide groups is 1. The summed E-state index contributed by atoms with van der Waals surface area (Å²) in [5, 5.41) is 0.0946. The van der Waals surface area contributed by atoms with E-state index in [1.807, 2.05) is 37.3 Å². The average Bonchev–Trinajstić information content (AvgIpc) is 3.01. The lowest BCUT2D eigenvalue weighted by Gasteiger charge is -2.15. The molecule has 0 unspecified atom stereocenters. The molecule has 0 N–H and O–H groups in total. The summed E-state index contributed by atoms with van der Waals surface area (Å²) < 4.78 is 11.1. The summed E-state index contributed by atoms with van der Waals surface area (Å²) in [4.78, 5) is 38.1. The van der Waals surface area contributed by atoms with Gasteiger partial charge in [0.15, 0.2) is 0 Å². The van der Waals surface area contributed by atoms with E-state index in [1.54, 1.807) is 31.2 Å². The second kappa shape index (κ2) is 10.5. The molecule has 0 aliphatic carbocycles. The minimum absolute atomic E-state index is 0.218. The van der Waals surface area contributed by atoms with Gasteiger partial charge in [0.1, 0.15) is 18.9 Å². The van der Waals surface area contributed by atoms with Crippen LogP contribution in [0.25, 0.3) is 6.08 Å². The number of para-hydroxylation sites is 1. The monoisotopic (exact) mass is 459 g/mol. The Labute approximate surface area is 190 Å². The van der Waals surface area contributed by atoms with Crippen LogP contribution < -0.4 is 4.74 Å². The Hall–Kier alpha value is -2.77. The van der Waals surface area contributed by atoms with E-state index in [1.165, 1.54) is 0 Å². The molecule has 2 amide bonds. The predicted octanol–water partition coefficient (Wildman–Crippen LogP) is 5.30. The molecule has 0 saturated carbocycles. The lowest BCUT2D eigenvalue weighted by molar-refractivity contribution is -0.150. The van der Waals surface area contributed by atoms with Crippen molar-refractivity contribution in [3.05, 3.63) is 69.6 Å². The normalized spacial score (nSPS) is 16.0. The van der Waals surface area contributed by atoms with Gasteiger partial charge in [0.2, 0.25) is 0 Å². The zero-order valence-corrected chi connectivity index (χ0v) is 18.7. The van der Waals surface area contributed by atoms with Crippen molar-refractivity contribution in [2.45, 2.75) is 33.0 Å². The Kier molecular flexibility index (Phi) is 7.76. The number of esters is 1. The number of halogens is 1. The van der Waals surface area contributed by atoms with Crippen LogP contribution in [-0.2, 0) is 20.9 Å². The Bertz CT molecular complexity index is 1020. The van der Waals surface area contributed by atoms with Crippen LogP contribution in [0.5, 0.6) is 5.75 Å². The maximum atomic E-state index is 12.7. The molecule has 0 spiro atoms. The van der Waals surface area contributed by atoms with Gasteiger partial charge in [-0.2, -0.15) is 0 Å². The molecule has 1 aliphatic heterocycles. The number of carbonyl (C=O) groups is 3. The molecule has 0 aromatic heterocycles. The van der Waals surface area contributed by atoms with Crippen molar-refractivity contribution in [3.8, 4) is 5.75 Å². The van der Waals surface area contributed by atoms with Crippen molar-refractivity contribution in [1.82, 2.24) is 4.90 Å². The topological polar surface area (TPSA) is 72.9 Å². The zero-order chi connectivity index (χ0) is 22.4. The standard InChI is InChI=1S/C23H22ClNO5S/c1-3-15(2)30-21(26)13-25-22(27)20(31-23(25)28)12-16-8-5-7-11-19(16)29-14-17-9-4-6-10-18(17)24/h4-12,15H,3,13-14H2,1-2H3/b20-12+/t15-/m0/s1. The Balaban J connectivity index is 1.73. The van der Waals surface area contributed by atoms with Crippen molar-refractivity contribution in [3.63, 3.8) is 0 Å². The van der Waals surface area contributed by atoms with E-state index < -0.39 is 23.7 Å². The lowest BCUT2D eigenvalue weighted by atomic mass is 10.1. The van der Waals surface area contributed by atoms with Crippen LogP contribution in [-0.4, -0.2) is 34.7 Å². The smallest absolute Gasteiger partial charge is 0.326 e. The first-order valence-electron chi connectivity index (χ1n) is 9.79. The first-order chi connectivity index (χ1) is 14.9. The fourth-order valence-electron chi connectivity index (χ4n) is 2.75. The van der Waals surface area contributed by atoms with Gasteiger partial charge in [-0.3, -0.25) is 19.3 Å². The molecule has 0 bridgehead atoms. The highest BCUT2D eigenvalue weighted by atomic mass is 35.5. The predicted molar refractivity (Wildman–Crippen MR) is 121 cm³/mol. The SMILES string of the molecule is CC[C@H](C)OC(=O)CN1C(=O)S/C(=C/c2ccccc2OCc2ccccc2Cl)C1=O. The van der Waals surface area contributed by atoms with Gasteiger partial charge in [0.25, 0.3) is 11.1 Å². The number of nitrogens with zero attached hydrogens (tertiary/aromatic N) is 1. The molecule has 1 atom stereocenters. The van der Waals surface area contributed by atoms with Crippen LogP contribution in [0, 0.1) is 0 Å². The number of carbonyl (C=O) groups excluding carboxylic acids is 3. The maximum Gasteiger partial charge on any atom is 0.326 e. The quantitative estimate of drug-likeness (QED) is 0.394. The molecule has 1 saturated heterocycles. The minimum Gasteiger partial charge on any atom is -0.488 e. The van der Waals surface area contributed by atoms with E-state index in [2.05, 4.69) is 0 Å². The fourth-order valence-corrected chi connectivity index (χ4v) is 3.77. The van der Waals surface area contributed by atoms with Gasteiger partial charge in [-0.15, -0.1) is 0 Å². The summed E-state index contributed by atoms with van der Waals surface area (Å²) >= 11 is 6.96. The summed E-state index contributed by atoms with van der Waals surface area (Å²) in [6.45, 7) is 3.49. The number of benzene rings is 2.